The molecular formula is C14H28O2Se4. The molecule has 0 spiro atoms. The quantitative estimate of drug-likeness (QED) is 0.437. The zero-order chi connectivity index (χ0) is 14.1. The molecule has 0 aromatic rings. The molecule has 0 atom stereocenters. The first-order valence-corrected chi connectivity index (χ1v) is 17.2. The predicted octanol–water partition coefficient (Wildman–Crippen LogP) is 2.98. The van der Waals surface area contributed by atoms with E-state index in [0.717, 1.165) is 86.3 Å². The van der Waals surface area contributed by atoms with E-state index in [0.29, 0.717) is 0 Å². The molecule has 1 aliphatic heterocycles. The van der Waals surface area contributed by atoms with Crippen molar-refractivity contribution in [2.75, 3.05) is 26.4 Å². The van der Waals surface area contributed by atoms with Gasteiger partial charge in [0.15, 0.2) is 0 Å². The molecule has 1 rings (SSSR count). The van der Waals surface area contributed by atoms with E-state index in [1.54, 1.807) is 0 Å². The topological polar surface area (TPSA) is 18.5 Å². The van der Waals surface area contributed by atoms with E-state index in [2.05, 4.69) is 0 Å². The average Bonchev–Trinajstić information content (AvgIpc) is 2.46. The van der Waals surface area contributed by atoms with Gasteiger partial charge in [0.05, 0.1) is 0 Å². The van der Waals surface area contributed by atoms with Crippen LogP contribution in [0.1, 0.15) is 12.8 Å². The van der Waals surface area contributed by atoms with Gasteiger partial charge in [0.2, 0.25) is 0 Å². The fourth-order valence-electron chi connectivity index (χ4n) is 1.61. The molecule has 1 fully saturated rings. The fourth-order valence-corrected chi connectivity index (χ4v) is 10.1. The van der Waals surface area contributed by atoms with Crippen LogP contribution >= 0.6 is 0 Å². The molecule has 0 unspecified atom stereocenters. The van der Waals surface area contributed by atoms with Crippen LogP contribution in [0.5, 0.6) is 0 Å². The van der Waals surface area contributed by atoms with Crippen molar-refractivity contribution in [1.29, 1.82) is 0 Å². The molecule has 1 heterocycles. The first-order chi connectivity index (χ1) is 10.0. The first-order valence-electron chi connectivity index (χ1n) is 7.46. The van der Waals surface area contributed by atoms with Gasteiger partial charge >= 0.3 is 151 Å². The molecule has 0 aromatic heterocycles. The molecule has 0 radical (unpaired) electrons. The predicted molar refractivity (Wildman–Crippen MR) is 92.3 cm³/mol. The van der Waals surface area contributed by atoms with E-state index in [-0.39, 0.29) is 0 Å². The Labute approximate surface area is 150 Å². The Hall–Kier alpha value is 2.00. The Bertz CT molecular complexity index is 110. The number of rotatable bonds is 0. The van der Waals surface area contributed by atoms with E-state index < -0.39 is 0 Å². The summed E-state index contributed by atoms with van der Waals surface area (Å²) < 4.78 is 11.5. The Morgan fingerprint density at radius 1 is 0.400 bits per heavy atom. The molecule has 120 valence electrons. The van der Waals surface area contributed by atoms with Crippen molar-refractivity contribution in [2.45, 2.75) is 55.4 Å². The van der Waals surface area contributed by atoms with Gasteiger partial charge in [-0.25, -0.2) is 0 Å². The SMILES string of the molecule is C1C[Se]CCOCC[Se]CCC[Se]CCOCC[Se]C1. The van der Waals surface area contributed by atoms with Gasteiger partial charge in [-0.05, 0) is 0 Å². The maximum atomic E-state index is 5.74. The van der Waals surface area contributed by atoms with E-state index in [1.165, 1.54) is 55.4 Å². The molecule has 0 aliphatic carbocycles. The van der Waals surface area contributed by atoms with Gasteiger partial charge in [0.1, 0.15) is 0 Å². The van der Waals surface area contributed by atoms with Crippen LogP contribution in [0.3, 0.4) is 0 Å². The molecule has 1 aliphatic rings. The fraction of sp³-hybridized carbons (Fsp3) is 1.00. The van der Waals surface area contributed by atoms with Gasteiger partial charge in [-0.3, -0.25) is 0 Å². The molecule has 20 heavy (non-hydrogen) atoms. The summed E-state index contributed by atoms with van der Waals surface area (Å²) in [6.45, 7) is 4.10. The van der Waals surface area contributed by atoms with Crippen molar-refractivity contribution in [3.8, 4) is 0 Å². The Kier molecular flexibility index (Phi) is 17.4. The second-order valence-electron chi connectivity index (χ2n) is 4.38. The standard InChI is InChI=1S/C14H28O2Se4/c1-7-17-11-3-15-5-13-19-9-2-10-20-14-6-16-4-12-18-8-1/h1-14H2. The second-order valence-corrected chi connectivity index (χ2v) is 14.7. The summed E-state index contributed by atoms with van der Waals surface area (Å²) in [6, 6.07) is 0. The van der Waals surface area contributed by atoms with Gasteiger partial charge in [0, 0.05) is 0 Å². The van der Waals surface area contributed by atoms with Crippen molar-refractivity contribution >= 4 is 59.8 Å². The summed E-state index contributed by atoms with van der Waals surface area (Å²) in [6.07, 6.45) is 2.90. The van der Waals surface area contributed by atoms with E-state index in [1.807, 2.05) is 0 Å². The Balaban J connectivity index is 2.00. The molecule has 0 aromatic carbocycles. The van der Waals surface area contributed by atoms with Gasteiger partial charge in [0.25, 0.3) is 0 Å². The maximum absolute atomic E-state index is 5.74. The van der Waals surface area contributed by atoms with E-state index in [9.17, 15) is 0 Å². The summed E-state index contributed by atoms with van der Waals surface area (Å²) in [4.78, 5) is 0. The monoisotopic (exact) mass is 548 g/mol. The normalized spacial score (nSPS) is 24.0. The van der Waals surface area contributed by atoms with Gasteiger partial charge in [-0.1, -0.05) is 0 Å². The summed E-state index contributed by atoms with van der Waals surface area (Å²) in [5.74, 6) is 0. The van der Waals surface area contributed by atoms with Crippen LogP contribution in [0, 0.1) is 0 Å². The molecule has 0 N–H and O–H groups in total. The molecule has 1 saturated heterocycles. The zero-order valence-corrected chi connectivity index (χ0v) is 19.2. The van der Waals surface area contributed by atoms with Crippen LogP contribution in [0.15, 0.2) is 0 Å². The average molecular weight is 544 g/mol. The number of hydrogen-bond donors (Lipinski definition) is 0. The number of hydrogen-bond acceptors (Lipinski definition) is 2. The second kappa shape index (κ2) is 17.4. The van der Waals surface area contributed by atoms with Crippen LogP contribution in [-0.2, 0) is 9.47 Å². The van der Waals surface area contributed by atoms with Crippen molar-refractivity contribution in [3.63, 3.8) is 0 Å². The van der Waals surface area contributed by atoms with Gasteiger partial charge in [-0.15, -0.1) is 0 Å². The van der Waals surface area contributed by atoms with Crippen molar-refractivity contribution in [1.82, 2.24) is 0 Å². The molecule has 0 bridgehead atoms. The molecule has 6 heteroatoms. The molecular weight excluding hydrogens is 516 g/mol. The van der Waals surface area contributed by atoms with Gasteiger partial charge < -0.3 is 0 Å². The third-order valence-electron chi connectivity index (χ3n) is 2.64. The van der Waals surface area contributed by atoms with Crippen LogP contribution in [0.4, 0.5) is 0 Å². The Morgan fingerprint density at radius 3 is 1.00 bits per heavy atom. The summed E-state index contributed by atoms with van der Waals surface area (Å²) >= 11 is 3.34. The first kappa shape index (κ1) is 20.0. The van der Waals surface area contributed by atoms with E-state index >= 15 is 0 Å². The van der Waals surface area contributed by atoms with Crippen LogP contribution < -0.4 is 0 Å². The Morgan fingerprint density at radius 2 is 0.700 bits per heavy atom. The summed E-state index contributed by atoms with van der Waals surface area (Å²) in [7, 11) is 0. The zero-order valence-electron chi connectivity index (χ0n) is 12.3. The van der Waals surface area contributed by atoms with Crippen LogP contribution in [0.2, 0.25) is 42.6 Å². The van der Waals surface area contributed by atoms with Crippen LogP contribution in [0.25, 0.3) is 0 Å². The molecule has 2 nitrogen and oxygen atoms in total. The van der Waals surface area contributed by atoms with E-state index in [4.69, 9.17) is 9.47 Å². The van der Waals surface area contributed by atoms with Crippen molar-refractivity contribution in [3.05, 3.63) is 0 Å². The summed E-state index contributed by atoms with van der Waals surface area (Å²) in [5, 5.41) is 11.2. The third-order valence-corrected chi connectivity index (χ3v) is 11.3. The molecule has 0 saturated carbocycles. The van der Waals surface area contributed by atoms with Crippen molar-refractivity contribution < 1.29 is 9.47 Å². The van der Waals surface area contributed by atoms with Gasteiger partial charge in [-0.2, -0.15) is 0 Å². The third kappa shape index (κ3) is 14.9. The minimum atomic E-state index is 0.834. The summed E-state index contributed by atoms with van der Waals surface area (Å²) in [5.41, 5.74) is 0. The molecule has 0 amide bonds. The van der Waals surface area contributed by atoms with Crippen molar-refractivity contribution in [2.24, 2.45) is 0 Å². The van der Waals surface area contributed by atoms with Crippen LogP contribution in [-0.4, -0.2) is 86.3 Å². The minimum absolute atomic E-state index is 0.834. The number of ether oxygens (including phenoxy) is 2.